The van der Waals surface area contributed by atoms with Gasteiger partial charge in [0.2, 0.25) is 0 Å². The zero-order valence-electron chi connectivity index (χ0n) is 9.36. The van der Waals surface area contributed by atoms with Crippen molar-refractivity contribution in [3.8, 4) is 0 Å². The Bertz CT molecular complexity index is 364. The molecular weight excluding hydrogens is 209 g/mol. The molecule has 1 fully saturated rings. The van der Waals surface area contributed by atoms with Gasteiger partial charge in [0.1, 0.15) is 11.6 Å². The van der Waals surface area contributed by atoms with Gasteiger partial charge in [0.05, 0.1) is 12.8 Å². The van der Waals surface area contributed by atoms with Crippen molar-refractivity contribution in [3.63, 3.8) is 0 Å². The molecule has 16 heavy (non-hydrogen) atoms. The molecule has 2 rings (SSSR count). The monoisotopic (exact) mass is 225 g/mol. The lowest BCUT2D eigenvalue weighted by molar-refractivity contribution is 0.278. The van der Waals surface area contributed by atoms with Crippen LogP contribution in [0.3, 0.4) is 0 Å². The highest BCUT2D eigenvalue weighted by Crippen LogP contribution is 2.19. The number of nitrogens with zero attached hydrogens (tertiary/aromatic N) is 3. The van der Waals surface area contributed by atoms with E-state index in [0.29, 0.717) is 11.4 Å². The Morgan fingerprint density at radius 3 is 2.69 bits per heavy atom. The third kappa shape index (κ3) is 2.31. The van der Waals surface area contributed by atoms with Crippen LogP contribution in [0.25, 0.3) is 0 Å². The van der Waals surface area contributed by atoms with E-state index in [9.17, 15) is 9.50 Å². The summed E-state index contributed by atoms with van der Waals surface area (Å²) in [6.45, 7) is 3.48. The van der Waals surface area contributed by atoms with Crippen LogP contribution in [0, 0.1) is 5.82 Å². The lowest BCUT2D eigenvalue weighted by Crippen LogP contribution is -2.45. The minimum absolute atomic E-state index is 0.174. The summed E-state index contributed by atoms with van der Waals surface area (Å²) in [5.74, 6) is 0.305. The van der Waals surface area contributed by atoms with Crippen LogP contribution < -0.4 is 4.90 Å². The van der Waals surface area contributed by atoms with Crippen molar-refractivity contribution in [2.75, 3.05) is 38.1 Å². The van der Waals surface area contributed by atoms with Crippen LogP contribution in [-0.4, -0.2) is 48.2 Å². The number of likely N-dealkylation sites (N-methyl/N-ethyl adjacent to an activating group) is 1. The molecule has 1 aliphatic rings. The summed E-state index contributed by atoms with van der Waals surface area (Å²) >= 11 is 0. The lowest BCUT2D eigenvalue weighted by Gasteiger charge is -2.34. The van der Waals surface area contributed by atoms with Crippen LogP contribution >= 0.6 is 0 Å². The largest absolute Gasteiger partial charge is 0.392 e. The van der Waals surface area contributed by atoms with Gasteiger partial charge in [0, 0.05) is 31.7 Å². The lowest BCUT2D eigenvalue weighted by atomic mass is 10.2. The molecule has 0 spiro atoms. The van der Waals surface area contributed by atoms with Gasteiger partial charge in [-0.15, -0.1) is 0 Å². The van der Waals surface area contributed by atoms with E-state index in [1.807, 2.05) is 0 Å². The van der Waals surface area contributed by atoms with Crippen LogP contribution in [0.1, 0.15) is 5.56 Å². The van der Waals surface area contributed by atoms with Crippen LogP contribution in [0.4, 0.5) is 10.2 Å². The summed E-state index contributed by atoms with van der Waals surface area (Å²) in [6.07, 6.45) is 1.20. The Kier molecular flexibility index (Phi) is 3.36. The van der Waals surface area contributed by atoms with E-state index >= 15 is 0 Å². The van der Waals surface area contributed by atoms with Gasteiger partial charge in [-0.05, 0) is 13.1 Å². The van der Waals surface area contributed by atoms with E-state index in [4.69, 9.17) is 0 Å². The molecule has 1 N–H and O–H groups in total. The normalized spacial score (nSPS) is 17.8. The van der Waals surface area contributed by atoms with Crippen LogP contribution in [-0.2, 0) is 6.61 Å². The van der Waals surface area contributed by atoms with Gasteiger partial charge >= 0.3 is 0 Å². The number of anilines is 1. The maximum atomic E-state index is 13.0. The topological polar surface area (TPSA) is 39.6 Å². The van der Waals surface area contributed by atoms with Crippen LogP contribution in [0.15, 0.2) is 12.3 Å². The number of hydrogen-bond donors (Lipinski definition) is 1. The summed E-state index contributed by atoms with van der Waals surface area (Å²) < 4.78 is 13.0. The van der Waals surface area contributed by atoms with Crippen molar-refractivity contribution in [1.29, 1.82) is 0 Å². The molecule has 0 saturated carbocycles. The smallest absolute Gasteiger partial charge is 0.142 e. The number of piperazine rings is 1. The molecule has 5 heteroatoms. The minimum atomic E-state index is -0.401. The van der Waals surface area contributed by atoms with E-state index in [2.05, 4.69) is 21.8 Å². The molecule has 4 nitrogen and oxygen atoms in total. The summed E-state index contributed by atoms with van der Waals surface area (Å²) in [5, 5.41) is 9.18. The van der Waals surface area contributed by atoms with Gasteiger partial charge in [0.15, 0.2) is 0 Å². The zero-order valence-corrected chi connectivity index (χ0v) is 9.36. The standard InChI is InChI=1S/C11H16FN3O/c1-14-2-4-15(5-3-14)11-9(8-16)6-10(12)7-13-11/h6-7,16H,2-5,8H2,1H3. The molecule has 1 aliphatic heterocycles. The summed E-state index contributed by atoms with van der Waals surface area (Å²) in [4.78, 5) is 8.39. The molecule has 1 saturated heterocycles. The van der Waals surface area contributed by atoms with Crippen molar-refractivity contribution >= 4 is 5.82 Å². The molecule has 0 aliphatic carbocycles. The van der Waals surface area contributed by atoms with E-state index < -0.39 is 5.82 Å². The summed E-state index contributed by atoms with van der Waals surface area (Å²) in [7, 11) is 2.07. The Morgan fingerprint density at radius 1 is 1.38 bits per heavy atom. The first-order valence-electron chi connectivity index (χ1n) is 5.39. The molecule has 0 unspecified atom stereocenters. The molecule has 1 aromatic rings. The van der Waals surface area contributed by atoms with Gasteiger partial charge in [0.25, 0.3) is 0 Å². The fraction of sp³-hybridized carbons (Fsp3) is 0.545. The second-order valence-corrected chi connectivity index (χ2v) is 4.08. The highest BCUT2D eigenvalue weighted by Gasteiger charge is 2.18. The third-order valence-corrected chi connectivity index (χ3v) is 2.88. The van der Waals surface area contributed by atoms with Gasteiger partial charge in [-0.2, -0.15) is 0 Å². The molecule has 0 radical (unpaired) electrons. The molecule has 0 atom stereocenters. The molecule has 0 bridgehead atoms. The number of hydrogen-bond acceptors (Lipinski definition) is 4. The van der Waals surface area contributed by atoms with Crippen LogP contribution in [0.5, 0.6) is 0 Å². The number of aliphatic hydroxyl groups excluding tert-OH is 1. The molecular formula is C11H16FN3O. The Labute approximate surface area is 94.3 Å². The highest BCUT2D eigenvalue weighted by molar-refractivity contribution is 5.47. The second kappa shape index (κ2) is 4.76. The van der Waals surface area contributed by atoms with E-state index in [1.165, 1.54) is 12.3 Å². The molecule has 2 heterocycles. The van der Waals surface area contributed by atoms with Crippen molar-refractivity contribution < 1.29 is 9.50 Å². The number of rotatable bonds is 2. The van der Waals surface area contributed by atoms with Gasteiger partial charge < -0.3 is 14.9 Å². The number of pyridine rings is 1. The molecule has 1 aromatic heterocycles. The zero-order chi connectivity index (χ0) is 11.5. The van der Waals surface area contributed by atoms with Crippen molar-refractivity contribution in [2.45, 2.75) is 6.61 Å². The average Bonchev–Trinajstić information content (AvgIpc) is 2.30. The maximum Gasteiger partial charge on any atom is 0.142 e. The first-order chi connectivity index (χ1) is 7.70. The average molecular weight is 225 g/mol. The molecule has 0 amide bonds. The van der Waals surface area contributed by atoms with Crippen molar-refractivity contribution in [2.24, 2.45) is 0 Å². The SMILES string of the molecule is CN1CCN(c2ncc(F)cc2CO)CC1. The predicted molar refractivity (Wildman–Crippen MR) is 59.8 cm³/mol. The minimum Gasteiger partial charge on any atom is -0.392 e. The molecule has 88 valence electrons. The maximum absolute atomic E-state index is 13.0. The van der Waals surface area contributed by atoms with Gasteiger partial charge in [-0.1, -0.05) is 0 Å². The highest BCUT2D eigenvalue weighted by atomic mass is 19.1. The fourth-order valence-corrected chi connectivity index (χ4v) is 1.89. The van der Waals surface area contributed by atoms with Gasteiger partial charge in [-0.3, -0.25) is 0 Å². The Hall–Kier alpha value is -1.20. The van der Waals surface area contributed by atoms with Crippen LogP contribution in [0.2, 0.25) is 0 Å². The van der Waals surface area contributed by atoms with E-state index in [1.54, 1.807) is 0 Å². The summed E-state index contributed by atoms with van der Waals surface area (Å²) in [6, 6.07) is 1.35. The predicted octanol–water partition coefficient (Wildman–Crippen LogP) is 0.465. The van der Waals surface area contributed by atoms with E-state index in [0.717, 1.165) is 26.2 Å². The fourth-order valence-electron chi connectivity index (χ4n) is 1.89. The van der Waals surface area contributed by atoms with Gasteiger partial charge in [-0.25, -0.2) is 9.37 Å². The Morgan fingerprint density at radius 2 is 2.06 bits per heavy atom. The third-order valence-electron chi connectivity index (χ3n) is 2.88. The van der Waals surface area contributed by atoms with Crippen molar-refractivity contribution in [3.05, 3.63) is 23.6 Å². The first kappa shape index (κ1) is 11.3. The number of halogens is 1. The quantitative estimate of drug-likeness (QED) is 0.794. The second-order valence-electron chi connectivity index (χ2n) is 4.08. The number of aliphatic hydroxyl groups is 1. The first-order valence-corrected chi connectivity index (χ1v) is 5.39. The Balaban J connectivity index is 2.19. The molecule has 0 aromatic carbocycles. The van der Waals surface area contributed by atoms with Crippen molar-refractivity contribution in [1.82, 2.24) is 9.88 Å². The number of aromatic nitrogens is 1. The summed E-state index contributed by atoms with van der Waals surface area (Å²) in [5.41, 5.74) is 0.560. The van der Waals surface area contributed by atoms with E-state index in [-0.39, 0.29) is 6.61 Å².